The Bertz CT molecular complexity index is 297. The number of unbranched alkanes of at least 4 members (excludes halogenated alkanes) is 2. The standard InChI is InChI=1S/C12H17FO2S/c13-10-6-3-4-7-11(10)16-9-5-1-2-8-12(14)15/h4,7H,1-3,5-6,8-9H2,(H,14,15). The first kappa shape index (κ1) is 13.3. The van der Waals surface area contributed by atoms with Gasteiger partial charge in [0.25, 0.3) is 0 Å². The molecule has 0 aliphatic heterocycles. The summed E-state index contributed by atoms with van der Waals surface area (Å²) in [7, 11) is 0. The third-order valence-corrected chi connectivity index (χ3v) is 3.52. The average Bonchev–Trinajstić information content (AvgIpc) is 2.25. The van der Waals surface area contributed by atoms with Crippen LogP contribution in [0.25, 0.3) is 0 Å². The van der Waals surface area contributed by atoms with Gasteiger partial charge in [-0.25, -0.2) is 4.39 Å². The molecule has 0 aromatic rings. The van der Waals surface area contributed by atoms with E-state index in [1.165, 1.54) is 11.8 Å². The molecule has 4 heteroatoms. The highest BCUT2D eigenvalue weighted by Gasteiger charge is 2.07. The first-order chi connectivity index (χ1) is 7.70. The molecule has 90 valence electrons. The SMILES string of the molecule is O=C(O)CCCCCSC1=C(F)CCC=C1. The van der Waals surface area contributed by atoms with Gasteiger partial charge >= 0.3 is 5.97 Å². The lowest BCUT2D eigenvalue weighted by Crippen LogP contribution is -1.94. The summed E-state index contributed by atoms with van der Waals surface area (Å²) in [6, 6.07) is 0. The van der Waals surface area contributed by atoms with Crippen molar-refractivity contribution in [1.82, 2.24) is 0 Å². The third-order valence-electron chi connectivity index (χ3n) is 2.36. The van der Waals surface area contributed by atoms with Gasteiger partial charge in [-0.05, 0) is 31.1 Å². The summed E-state index contributed by atoms with van der Waals surface area (Å²) < 4.78 is 13.3. The maximum atomic E-state index is 13.3. The smallest absolute Gasteiger partial charge is 0.303 e. The van der Waals surface area contributed by atoms with Crippen molar-refractivity contribution in [2.45, 2.75) is 38.5 Å². The van der Waals surface area contributed by atoms with Gasteiger partial charge in [-0.2, -0.15) is 0 Å². The third kappa shape index (κ3) is 5.35. The lowest BCUT2D eigenvalue weighted by atomic mass is 10.2. The Morgan fingerprint density at radius 1 is 1.44 bits per heavy atom. The number of allylic oxidation sites excluding steroid dienone is 3. The van der Waals surface area contributed by atoms with Gasteiger partial charge in [-0.3, -0.25) is 4.79 Å². The molecule has 2 nitrogen and oxygen atoms in total. The van der Waals surface area contributed by atoms with Crippen LogP contribution in [0.15, 0.2) is 22.9 Å². The van der Waals surface area contributed by atoms with Gasteiger partial charge in [0.1, 0.15) is 5.83 Å². The molecule has 0 heterocycles. The number of carbonyl (C=O) groups is 1. The maximum absolute atomic E-state index is 13.3. The molecule has 0 fully saturated rings. The minimum absolute atomic E-state index is 0.00182. The van der Waals surface area contributed by atoms with Crippen LogP contribution in [0.4, 0.5) is 4.39 Å². The van der Waals surface area contributed by atoms with Gasteiger partial charge in [-0.1, -0.05) is 12.5 Å². The molecular weight excluding hydrogens is 227 g/mol. The van der Waals surface area contributed by atoms with Gasteiger partial charge < -0.3 is 5.11 Å². The molecule has 0 atom stereocenters. The quantitative estimate of drug-likeness (QED) is 0.690. The van der Waals surface area contributed by atoms with Crippen LogP contribution in [0.2, 0.25) is 0 Å². The molecular formula is C12H17FO2S. The molecule has 1 aliphatic rings. The van der Waals surface area contributed by atoms with Gasteiger partial charge in [-0.15, -0.1) is 11.8 Å². The zero-order valence-corrected chi connectivity index (χ0v) is 10.1. The Kier molecular flexibility index (Phi) is 6.23. The molecule has 0 radical (unpaired) electrons. The number of thioether (sulfide) groups is 1. The van der Waals surface area contributed by atoms with E-state index in [0.717, 1.165) is 29.9 Å². The Morgan fingerprint density at radius 2 is 2.25 bits per heavy atom. The summed E-state index contributed by atoms with van der Waals surface area (Å²) in [5.41, 5.74) is 0. The van der Waals surface area contributed by atoms with E-state index in [2.05, 4.69) is 0 Å². The first-order valence-electron chi connectivity index (χ1n) is 5.60. The van der Waals surface area contributed by atoms with Crippen molar-refractivity contribution >= 4 is 17.7 Å². The average molecular weight is 244 g/mol. The zero-order chi connectivity index (χ0) is 11.8. The van der Waals surface area contributed by atoms with Crippen molar-refractivity contribution in [2.24, 2.45) is 0 Å². The molecule has 0 bridgehead atoms. The molecule has 0 saturated carbocycles. The predicted octanol–water partition coefficient (Wildman–Crippen LogP) is 3.90. The van der Waals surface area contributed by atoms with Gasteiger partial charge in [0.15, 0.2) is 0 Å². The molecule has 0 saturated heterocycles. The van der Waals surface area contributed by atoms with Crippen molar-refractivity contribution in [2.75, 3.05) is 5.75 Å². The van der Waals surface area contributed by atoms with Crippen LogP contribution >= 0.6 is 11.8 Å². The van der Waals surface area contributed by atoms with Gasteiger partial charge in [0, 0.05) is 17.7 Å². The van der Waals surface area contributed by atoms with E-state index >= 15 is 0 Å². The fraction of sp³-hybridized carbons (Fsp3) is 0.583. The second kappa shape index (κ2) is 7.49. The lowest BCUT2D eigenvalue weighted by Gasteiger charge is -2.08. The van der Waals surface area contributed by atoms with Crippen molar-refractivity contribution in [3.63, 3.8) is 0 Å². The van der Waals surface area contributed by atoms with E-state index in [0.29, 0.717) is 12.8 Å². The van der Waals surface area contributed by atoms with Crippen LogP contribution in [0.1, 0.15) is 38.5 Å². The monoisotopic (exact) mass is 244 g/mol. The van der Waals surface area contributed by atoms with Crippen molar-refractivity contribution < 1.29 is 14.3 Å². The normalized spacial score (nSPS) is 15.6. The summed E-state index contributed by atoms with van der Waals surface area (Å²) in [5, 5.41) is 8.44. The van der Waals surface area contributed by atoms with E-state index in [1.54, 1.807) is 0 Å². The number of hydrogen-bond acceptors (Lipinski definition) is 2. The fourth-order valence-corrected chi connectivity index (χ4v) is 2.50. The number of aliphatic carboxylic acids is 1. The molecule has 0 spiro atoms. The van der Waals surface area contributed by atoms with Crippen LogP contribution < -0.4 is 0 Å². The van der Waals surface area contributed by atoms with Crippen LogP contribution in [-0.2, 0) is 4.79 Å². The van der Waals surface area contributed by atoms with Crippen molar-refractivity contribution in [1.29, 1.82) is 0 Å². The first-order valence-corrected chi connectivity index (χ1v) is 6.58. The van der Waals surface area contributed by atoms with Gasteiger partial charge in [0.2, 0.25) is 0 Å². The molecule has 0 amide bonds. The fourth-order valence-electron chi connectivity index (χ4n) is 1.48. The highest BCUT2D eigenvalue weighted by molar-refractivity contribution is 8.03. The lowest BCUT2D eigenvalue weighted by molar-refractivity contribution is -0.137. The molecule has 16 heavy (non-hydrogen) atoms. The Labute approximate surface area is 99.6 Å². The Morgan fingerprint density at radius 3 is 2.94 bits per heavy atom. The predicted molar refractivity (Wildman–Crippen MR) is 65.1 cm³/mol. The minimum atomic E-state index is -0.739. The summed E-state index contributed by atoms with van der Waals surface area (Å²) in [4.78, 5) is 11.0. The molecule has 1 N–H and O–H groups in total. The number of carboxylic acid groups (broad SMARTS) is 1. The molecule has 0 aromatic carbocycles. The van der Waals surface area contributed by atoms with Crippen LogP contribution in [-0.4, -0.2) is 16.8 Å². The Balaban J connectivity index is 2.07. The van der Waals surface area contributed by atoms with Crippen LogP contribution in [0.3, 0.4) is 0 Å². The minimum Gasteiger partial charge on any atom is -0.481 e. The van der Waals surface area contributed by atoms with E-state index in [1.807, 2.05) is 12.2 Å². The zero-order valence-electron chi connectivity index (χ0n) is 9.25. The molecule has 1 rings (SSSR count). The van der Waals surface area contributed by atoms with E-state index in [9.17, 15) is 9.18 Å². The highest BCUT2D eigenvalue weighted by atomic mass is 32.2. The number of carboxylic acids is 1. The van der Waals surface area contributed by atoms with Crippen molar-refractivity contribution in [3.8, 4) is 0 Å². The summed E-state index contributed by atoms with van der Waals surface area (Å²) >= 11 is 1.53. The second-order valence-electron chi connectivity index (χ2n) is 3.76. The Hall–Kier alpha value is -0.770. The highest BCUT2D eigenvalue weighted by Crippen LogP contribution is 2.29. The van der Waals surface area contributed by atoms with Crippen LogP contribution in [0.5, 0.6) is 0 Å². The van der Waals surface area contributed by atoms with E-state index in [-0.39, 0.29) is 12.2 Å². The second-order valence-corrected chi connectivity index (χ2v) is 4.90. The molecule has 0 unspecified atom stereocenters. The molecule has 0 aromatic heterocycles. The topological polar surface area (TPSA) is 37.3 Å². The van der Waals surface area contributed by atoms with Crippen LogP contribution in [0, 0.1) is 0 Å². The van der Waals surface area contributed by atoms with E-state index < -0.39 is 5.97 Å². The molecule has 1 aliphatic carbocycles. The number of halogens is 1. The van der Waals surface area contributed by atoms with Gasteiger partial charge in [0.05, 0.1) is 0 Å². The van der Waals surface area contributed by atoms with E-state index in [4.69, 9.17) is 5.11 Å². The summed E-state index contributed by atoms with van der Waals surface area (Å²) in [6.45, 7) is 0. The summed E-state index contributed by atoms with van der Waals surface area (Å²) in [6.07, 6.45) is 7.97. The van der Waals surface area contributed by atoms with Crippen molar-refractivity contribution in [3.05, 3.63) is 22.9 Å². The summed E-state index contributed by atoms with van der Waals surface area (Å²) in [5.74, 6) is 0.127. The number of rotatable bonds is 7. The number of hydrogen-bond donors (Lipinski definition) is 1. The largest absolute Gasteiger partial charge is 0.481 e. The maximum Gasteiger partial charge on any atom is 0.303 e.